The average molecular weight is 268 g/mol. The predicted molar refractivity (Wildman–Crippen MR) is 84.6 cm³/mol. The van der Waals surface area contributed by atoms with Gasteiger partial charge in [-0.15, -0.1) is 0 Å². The molecule has 1 aromatic carbocycles. The number of benzene rings is 1. The standard InChI is InChI=1S/C18H24N2/c1-2-15-7-5-6-11-18(15,19)13-14-10-12-20-17-9-4-3-8-16(14)17/h3-4,8-10,12,15H,2,5-7,11,13,19H2,1H3. The van der Waals surface area contributed by atoms with Crippen molar-refractivity contribution in [1.29, 1.82) is 0 Å². The number of nitrogens with zero attached hydrogens (tertiary/aromatic N) is 1. The van der Waals surface area contributed by atoms with Gasteiger partial charge in [-0.05, 0) is 42.9 Å². The van der Waals surface area contributed by atoms with Gasteiger partial charge in [0.05, 0.1) is 5.52 Å². The van der Waals surface area contributed by atoms with Gasteiger partial charge in [0.15, 0.2) is 0 Å². The minimum atomic E-state index is -0.0306. The third-order valence-electron chi connectivity index (χ3n) is 5.01. The number of hydrogen-bond donors (Lipinski definition) is 1. The molecule has 1 aliphatic carbocycles. The van der Waals surface area contributed by atoms with Gasteiger partial charge in [-0.25, -0.2) is 0 Å². The number of nitrogens with two attached hydrogens (primary N) is 1. The highest BCUT2D eigenvalue weighted by atomic mass is 14.8. The van der Waals surface area contributed by atoms with Crippen molar-refractivity contribution in [3.8, 4) is 0 Å². The van der Waals surface area contributed by atoms with E-state index >= 15 is 0 Å². The lowest BCUT2D eigenvalue weighted by atomic mass is 9.69. The number of pyridine rings is 1. The fourth-order valence-corrected chi connectivity index (χ4v) is 3.84. The normalized spacial score (nSPS) is 26.8. The molecule has 0 radical (unpaired) electrons. The van der Waals surface area contributed by atoms with Crippen LogP contribution in [0.2, 0.25) is 0 Å². The van der Waals surface area contributed by atoms with Gasteiger partial charge in [0.25, 0.3) is 0 Å². The van der Waals surface area contributed by atoms with E-state index in [1.54, 1.807) is 0 Å². The van der Waals surface area contributed by atoms with E-state index in [1.165, 1.54) is 36.6 Å². The molecule has 2 unspecified atom stereocenters. The fourth-order valence-electron chi connectivity index (χ4n) is 3.84. The van der Waals surface area contributed by atoms with Crippen LogP contribution >= 0.6 is 0 Å². The van der Waals surface area contributed by atoms with Gasteiger partial charge in [0, 0.05) is 17.1 Å². The van der Waals surface area contributed by atoms with E-state index in [4.69, 9.17) is 5.73 Å². The first-order valence-electron chi connectivity index (χ1n) is 7.84. The molecule has 1 aliphatic rings. The topological polar surface area (TPSA) is 38.9 Å². The van der Waals surface area contributed by atoms with Crippen LogP contribution in [-0.2, 0) is 6.42 Å². The maximum absolute atomic E-state index is 6.82. The summed E-state index contributed by atoms with van der Waals surface area (Å²) in [5, 5.41) is 1.26. The van der Waals surface area contributed by atoms with Crippen molar-refractivity contribution in [2.45, 2.75) is 51.0 Å². The molecular weight excluding hydrogens is 244 g/mol. The van der Waals surface area contributed by atoms with Crippen LogP contribution in [0.4, 0.5) is 0 Å². The highest BCUT2D eigenvalue weighted by molar-refractivity contribution is 5.81. The minimum absolute atomic E-state index is 0.0306. The molecule has 1 heterocycles. The summed E-state index contributed by atoms with van der Waals surface area (Å²) < 4.78 is 0. The molecule has 1 saturated carbocycles. The quantitative estimate of drug-likeness (QED) is 0.911. The molecule has 0 saturated heterocycles. The van der Waals surface area contributed by atoms with Gasteiger partial charge < -0.3 is 5.73 Å². The van der Waals surface area contributed by atoms with E-state index < -0.39 is 0 Å². The van der Waals surface area contributed by atoms with E-state index in [1.807, 2.05) is 12.3 Å². The van der Waals surface area contributed by atoms with Crippen molar-refractivity contribution < 1.29 is 0 Å². The molecule has 2 N–H and O–H groups in total. The molecule has 3 rings (SSSR count). The summed E-state index contributed by atoms with van der Waals surface area (Å²) in [5.74, 6) is 0.656. The van der Waals surface area contributed by atoms with Crippen molar-refractivity contribution in [1.82, 2.24) is 4.98 Å². The first-order chi connectivity index (χ1) is 9.73. The summed E-state index contributed by atoms with van der Waals surface area (Å²) in [6, 6.07) is 10.5. The third kappa shape index (κ3) is 2.45. The van der Waals surface area contributed by atoms with Crippen molar-refractivity contribution in [2.75, 3.05) is 0 Å². The molecule has 1 aromatic heterocycles. The second-order valence-electron chi connectivity index (χ2n) is 6.25. The molecule has 2 atom stereocenters. The second-order valence-corrected chi connectivity index (χ2v) is 6.25. The maximum atomic E-state index is 6.82. The number of hydrogen-bond acceptors (Lipinski definition) is 2. The number of fused-ring (bicyclic) bond motifs is 1. The largest absolute Gasteiger partial charge is 0.325 e. The average Bonchev–Trinajstić information content (AvgIpc) is 2.48. The van der Waals surface area contributed by atoms with Crippen LogP contribution in [0.25, 0.3) is 10.9 Å². The van der Waals surface area contributed by atoms with Crippen LogP contribution in [0.15, 0.2) is 36.5 Å². The van der Waals surface area contributed by atoms with Crippen molar-refractivity contribution in [3.05, 3.63) is 42.1 Å². The first-order valence-corrected chi connectivity index (χ1v) is 7.84. The Bertz CT molecular complexity index is 587. The molecule has 0 bridgehead atoms. The van der Waals surface area contributed by atoms with Crippen molar-refractivity contribution in [2.24, 2.45) is 11.7 Å². The summed E-state index contributed by atoms with van der Waals surface area (Å²) in [6.45, 7) is 2.28. The summed E-state index contributed by atoms with van der Waals surface area (Å²) in [6.07, 6.45) is 9.15. The Labute approximate surface area is 121 Å². The van der Waals surface area contributed by atoms with Crippen molar-refractivity contribution >= 4 is 10.9 Å². The van der Waals surface area contributed by atoms with E-state index in [9.17, 15) is 0 Å². The molecule has 20 heavy (non-hydrogen) atoms. The van der Waals surface area contributed by atoms with Crippen LogP contribution in [0, 0.1) is 5.92 Å². The van der Waals surface area contributed by atoms with Crippen LogP contribution in [0.1, 0.15) is 44.6 Å². The lowest BCUT2D eigenvalue weighted by Gasteiger charge is -2.41. The Hall–Kier alpha value is -1.41. The third-order valence-corrected chi connectivity index (χ3v) is 5.01. The summed E-state index contributed by atoms with van der Waals surface area (Å²) in [5.41, 5.74) is 9.23. The van der Waals surface area contributed by atoms with Crippen molar-refractivity contribution in [3.63, 3.8) is 0 Å². The summed E-state index contributed by atoms with van der Waals surface area (Å²) in [4.78, 5) is 4.46. The highest BCUT2D eigenvalue weighted by Gasteiger charge is 2.36. The van der Waals surface area contributed by atoms with Crippen LogP contribution in [0.3, 0.4) is 0 Å². The Kier molecular flexibility index (Phi) is 3.75. The zero-order valence-electron chi connectivity index (χ0n) is 12.3. The molecule has 1 fully saturated rings. The summed E-state index contributed by atoms with van der Waals surface area (Å²) in [7, 11) is 0. The smallest absolute Gasteiger partial charge is 0.0704 e. The number of aromatic nitrogens is 1. The Morgan fingerprint density at radius 2 is 2.10 bits per heavy atom. The van der Waals surface area contributed by atoms with Gasteiger partial charge in [-0.2, -0.15) is 0 Å². The Morgan fingerprint density at radius 1 is 1.25 bits per heavy atom. The Balaban J connectivity index is 1.95. The molecule has 106 valence electrons. The number of rotatable bonds is 3. The zero-order valence-corrected chi connectivity index (χ0v) is 12.3. The first kappa shape index (κ1) is 13.6. The molecule has 2 aromatic rings. The van der Waals surface area contributed by atoms with Crippen LogP contribution in [0.5, 0.6) is 0 Å². The van der Waals surface area contributed by atoms with Crippen LogP contribution in [-0.4, -0.2) is 10.5 Å². The molecule has 0 aliphatic heterocycles. The molecule has 2 nitrogen and oxygen atoms in total. The molecular formula is C18H24N2. The molecule has 0 amide bonds. The second kappa shape index (κ2) is 5.53. The van der Waals surface area contributed by atoms with E-state index in [0.717, 1.165) is 18.4 Å². The Morgan fingerprint density at radius 3 is 2.95 bits per heavy atom. The van der Waals surface area contributed by atoms with E-state index in [-0.39, 0.29) is 5.54 Å². The predicted octanol–water partition coefficient (Wildman–Crippen LogP) is 4.08. The van der Waals surface area contributed by atoms with Gasteiger partial charge in [-0.3, -0.25) is 4.98 Å². The molecule has 2 heteroatoms. The fraction of sp³-hybridized carbons (Fsp3) is 0.500. The maximum Gasteiger partial charge on any atom is 0.0704 e. The van der Waals surface area contributed by atoms with Gasteiger partial charge in [0.2, 0.25) is 0 Å². The van der Waals surface area contributed by atoms with Gasteiger partial charge in [-0.1, -0.05) is 44.4 Å². The van der Waals surface area contributed by atoms with E-state index in [2.05, 4.69) is 36.2 Å². The SMILES string of the molecule is CCC1CCCCC1(N)Cc1ccnc2ccccc12. The zero-order chi connectivity index (χ0) is 14.0. The van der Waals surface area contributed by atoms with E-state index in [0.29, 0.717) is 5.92 Å². The minimum Gasteiger partial charge on any atom is -0.325 e. The molecule has 0 spiro atoms. The number of para-hydroxylation sites is 1. The van der Waals surface area contributed by atoms with Crippen LogP contribution < -0.4 is 5.73 Å². The lowest BCUT2D eigenvalue weighted by Crippen LogP contribution is -2.50. The lowest BCUT2D eigenvalue weighted by molar-refractivity contribution is 0.182. The monoisotopic (exact) mass is 268 g/mol. The summed E-state index contributed by atoms with van der Waals surface area (Å²) >= 11 is 0. The van der Waals surface area contributed by atoms with Gasteiger partial charge in [0.1, 0.15) is 0 Å². The van der Waals surface area contributed by atoms with Gasteiger partial charge >= 0.3 is 0 Å². The highest BCUT2D eigenvalue weighted by Crippen LogP contribution is 2.37.